The van der Waals surface area contributed by atoms with E-state index in [0.717, 1.165) is 49.3 Å². The second-order valence-electron chi connectivity index (χ2n) is 7.42. The number of rotatable bonds is 3. The maximum Gasteiger partial charge on any atom is 0.253 e. The summed E-state index contributed by atoms with van der Waals surface area (Å²) in [4.78, 5) is 19.0. The largest absolute Gasteiger partial charge is 0.373 e. The molecule has 0 radical (unpaired) electrons. The summed E-state index contributed by atoms with van der Waals surface area (Å²) in [5, 5.41) is 3.46. The van der Waals surface area contributed by atoms with Gasteiger partial charge in [0.15, 0.2) is 0 Å². The van der Waals surface area contributed by atoms with Crippen LogP contribution in [0.1, 0.15) is 35.2 Å². The van der Waals surface area contributed by atoms with Gasteiger partial charge in [0.2, 0.25) is 0 Å². The van der Waals surface area contributed by atoms with Gasteiger partial charge in [-0.15, -0.1) is 0 Å². The van der Waals surface area contributed by atoms with E-state index in [1.54, 1.807) is 6.20 Å². The van der Waals surface area contributed by atoms with Crippen molar-refractivity contribution in [2.24, 2.45) is 0 Å². The smallest absolute Gasteiger partial charge is 0.253 e. The van der Waals surface area contributed by atoms with Crippen LogP contribution in [0.25, 0.3) is 0 Å². The number of ether oxygens (including phenoxy) is 1. The van der Waals surface area contributed by atoms with Crippen LogP contribution in [0.4, 0.5) is 5.82 Å². The van der Waals surface area contributed by atoms with E-state index < -0.39 is 0 Å². The molecule has 1 spiro atoms. The van der Waals surface area contributed by atoms with Crippen LogP contribution in [0.5, 0.6) is 0 Å². The molecule has 26 heavy (non-hydrogen) atoms. The summed E-state index contributed by atoms with van der Waals surface area (Å²) in [5.41, 5.74) is 1.80. The quantitative estimate of drug-likeness (QED) is 0.922. The van der Waals surface area contributed by atoms with Crippen molar-refractivity contribution < 1.29 is 9.53 Å². The third-order valence-electron chi connectivity index (χ3n) is 5.45. The second kappa shape index (κ2) is 7.08. The van der Waals surface area contributed by atoms with Crippen LogP contribution < -0.4 is 5.32 Å². The average molecular weight is 351 g/mol. The second-order valence-corrected chi connectivity index (χ2v) is 7.42. The molecule has 0 aliphatic carbocycles. The molecule has 0 bridgehead atoms. The number of carbonyl (C=O) groups excluding carboxylic acids is 1. The third-order valence-corrected chi connectivity index (χ3v) is 5.45. The van der Waals surface area contributed by atoms with Crippen molar-refractivity contribution in [3.05, 3.63) is 59.8 Å². The van der Waals surface area contributed by atoms with Crippen LogP contribution in [0, 0.1) is 6.92 Å². The first-order valence-electron chi connectivity index (χ1n) is 9.31. The lowest BCUT2D eigenvalue weighted by atomic mass is 9.87. The molecule has 1 aromatic carbocycles. The Morgan fingerprint density at radius 3 is 2.81 bits per heavy atom. The number of anilines is 1. The maximum absolute atomic E-state index is 12.7. The summed E-state index contributed by atoms with van der Waals surface area (Å²) in [6.07, 6.45) is 4.55. The first-order chi connectivity index (χ1) is 12.6. The van der Waals surface area contributed by atoms with Gasteiger partial charge in [0, 0.05) is 24.8 Å². The highest BCUT2D eigenvalue weighted by Crippen LogP contribution is 2.37. The molecule has 2 aliphatic heterocycles. The normalized spacial score (nSPS) is 21.7. The molecule has 2 saturated heterocycles. The molecule has 5 heteroatoms. The van der Waals surface area contributed by atoms with Crippen molar-refractivity contribution in [3.63, 3.8) is 0 Å². The minimum absolute atomic E-state index is 0.101. The third kappa shape index (κ3) is 3.58. The van der Waals surface area contributed by atoms with Crippen LogP contribution in [0.15, 0.2) is 48.7 Å². The SMILES string of the molecule is Cc1cccc(C(=O)N2CCC3(CC2)C[C@H](Nc2ccccn2)CO3)c1. The van der Waals surface area contributed by atoms with E-state index in [1.807, 2.05) is 54.3 Å². The molecular weight excluding hydrogens is 326 g/mol. The Balaban J connectivity index is 1.34. The van der Waals surface area contributed by atoms with Gasteiger partial charge in [-0.2, -0.15) is 0 Å². The molecular formula is C21H25N3O2. The number of benzene rings is 1. The van der Waals surface area contributed by atoms with E-state index >= 15 is 0 Å². The Morgan fingerprint density at radius 2 is 2.08 bits per heavy atom. The van der Waals surface area contributed by atoms with Crippen molar-refractivity contribution in [2.75, 3.05) is 25.0 Å². The van der Waals surface area contributed by atoms with Gasteiger partial charge in [-0.1, -0.05) is 23.8 Å². The lowest BCUT2D eigenvalue weighted by Gasteiger charge is -2.38. The molecule has 2 aliphatic rings. The Morgan fingerprint density at radius 1 is 1.23 bits per heavy atom. The summed E-state index contributed by atoms with van der Waals surface area (Å²) in [6, 6.07) is 14.0. The van der Waals surface area contributed by atoms with E-state index in [-0.39, 0.29) is 17.6 Å². The van der Waals surface area contributed by atoms with Crippen molar-refractivity contribution in [1.82, 2.24) is 9.88 Å². The van der Waals surface area contributed by atoms with Gasteiger partial charge in [0.1, 0.15) is 5.82 Å². The minimum Gasteiger partial charge on any atom is -0.373 e. The number of amides is 1. The Labute approximate surface area is 154 Å². The fourth-order valence-corrected chi connectivity index (χ4v) is 4.02. The Kier molecular flexibility index (Phi) is 4.64. The van der Waals surface area contributed by atoms with E-state index in [4.69, 9.17) is 4.74 Å². The maximum atomic E-state index is 12.7. The first-order valence-corrected chi connectivity index (χ1v) is 9.31. The van der Waals surface area contributed by atoms with Crippen LogP contribution in [-0.4, -0.2) is 47.1 Å². The summed E-state index contributed by atoms with van der Waals surface area (Å²) >= 11 is 0. The van der Waals surface area contributed by atoms with Crippen LogP contribution in [0.3, 0.4) is 0 Å². The number of hydrogen-bond acceptors (Lipinski definition) is 4. The molecule has 3 heterocycles. The number of likely N-dealkylation sites (tertiary alicyclic amines) is 1. The summed E-state index contributed by atoms with van der Waals surface area (Å²) in [5.74, 6) is 1.02. The van der Waals surface area contributed by atoms with Gasteiger partial charge in [0.05, 0.1) is 18.2 Å². The number of nitrogens with one attached hydrogen (secondary N) is 1. The standard InChI is InChI=1S/C21H25N3O2/c1-16-5-4-6-17(13-16)20(25)24-11-8-21(9-12-24)14-18(15-26-21)23-19-7-2-3-10-22-19/h2-7,10,13,18H,8-9,11-12,14-15H2,1H3,(H,22,23)/t18-/m0/s1. The van der Waals surface area contributed by atoms with Crippen molar-refractivity contribution in [3.8, 4) is 0 Å². The minimum atomic E-state index is -0.101. The lowest BCUT2D eigenvalue weighted by molar-refractivity contribution is -0.0388. The summed E-state index contributed by atoms with van der Waals surface area (Å²) in [7, 11) is 0. The zero-order chi connectivity index (χ0) is 18.0. The fraction of sp³-hybridized carbons (Fsp3) is 0.429. The number of carbonyl (C=O) groups is 1. The van der Waals surface area contributed by atoms with Crippen LogP contribution >= 0.6 is 0 Å². The first kappa shape index (κ1) is 17.0. The van der Waals surface area contributed by atoms with E-state index in [2.05, 4.69) is 10.3 Å². The van der Waals surface area contributed by atoms with Gasteiger partial charge in [-0.3, -0.25) is 4.79 Å². The van der Waals surface area contributed by atoms with E-state index in [9.17, 15) is 4.79 Å². The molecule has 1 aromatic heterocycles. The zero-order valence-corrected chi connectivity index (χ0v) is 15.1. The summed E-state index contributed by atoms with van der Waals surface area (Å²) < 4.78 is 6.19. The zero-order valence-electron chi connectivity index (χ0n) is 15.1. The average Bonchev–Trinajstić information content (AvgIpc) is 3.05. The molecule has 4 rings (SSSR count). The predicted molar refractivity (Wildman–Crippen MR) is 101 cm³/mol. The molecule has 1 N–H and O–H groups in total. The van der Waals surface area contributed by atoms with Crippen molar-refractivity contribution in [1.29, 1.82) is 0 Å². The van der Waals surface area contributed by atoms with Crippen LogP contribution in [-0.2, 0) is 4.74 Å². The summed E-state index contributed by atoms with van der Waals surface area (Å²) in [6.45, 7) is 4.22. The molecule has 2 aromatic rings. The highest BCUT2D eigenvalue weighted by Gasteiger charge is 2.43. The van der Waals surface area contributed by atoms with Gasteiger partial charge >= 0.3 is 0 Å². The predicted octanol–water partition coefficient (Wildman–Crippen LogP) is 3.27. The number of pyridine rings is 1. The monoisotopic (exact) mass is 351 g/mol. The number of hydrogen-bond donors (Lipinski definition) is 1. The highest BCUT2D eigenvalue weighted by atomic mass is 16.5. The van der Waals surface area contributed by atoms with Gasteiger partial charge in [0.25, 0.3) is 5.91 Å². The Hall–Kier alpha value is -2.40. The fourth-order valence-electron chi connectivity index (χ4n) is 4.02. The molecule has 2 fully saturated rings. The number of aryl methyl sites for hydroxylation is 1. The van der Waals surface area contributed by atoms with E-state index in [0.29, 0.717) is 6.61 Å². The van der Waals surface area contributed by atoms with E-state index in [1.165, 1.54) is 0 Å². The lowest BCUT2D eigenvalue weighted by Crippen LogP contribution is -2.46. The topological polar surface area (TPSA) is 54.5 Å². The Bertz CT molecular complexity index is 770. The van der Waals surface area contributed by atoms with Crippen molar-refractivity contribution >= 4 is 11.7 Å². The molecule has 0 saturated carbocycles. The molecule has 136 valence electrons. The van der Waals surface area contributed by atoms with Gasteiger partial charge in [-0.05, 0) is 50.5 Å². The van der Waals surface area contributed by atoms with Gasteiger partial charge in [-0.25, -0.2) is 4.98 Å². The highest BCUT2D eigenvalue weighted by molar-refractivity contribution is 5.94. The molecule has 0 unspecified atom stereocenters. The molecule has 5 nitrogen and oxygen atoms in total. The number of aromatic nitrogens is 1. The number of nitrogens with zero attached hydrogens (tertiary/aromatic N) is 2. The number of piperidine rings is 1. The van der Waals surface area contributed by atoms with Crippen molar-refractivity contribution in [2.45, 2.75) is 37.8 Å². The molecule has 1 atom stereocenters. The molecule has 1 amide bonds. The van der Waals surface area contributed by atoms with Gasteiger partial charge < -0.3 is 15.0 Å². The van der Waals surface area contributed by atoms with Crippen LogP contribution in [0.2, 0.25) is 0 Å².